The van der Waals surface area contributed by atoms with Gasteiger partial charge in [0.1, 0.15) is 11.6 Å². The summed E-state index contributed by atoms with van der Waals surface area (Å²) in [6.45, 7) is 11.0. The van der Waals surface area contributed by atoms with E-state index in [1.54, 1.807) is 0 Å². The summed E-state index contributed by atoms with van der Waals surface area (Å²) in [6, 6.07) is -0.132. The Morgan fingerprint density at radius 3 is 2.57 bits per heavy atom. The van der Waals surface area contributed by atoms with Crippen LogP contribution in [0.15, 0.2) is 0 Å². The summed E-state index contributed by atoms with van der Waals surface area (Å²) in [4.78, 5) is 29.7. The molecule has 3 unspecified atom stereocenters. The first-order valence-electron chi connectivity index (χ1n) is 8.34. The lowest BCUT2D eigenvalue weighted by Gasteiger charge is -2.49. The van der Waals surface area contributed by atoms with Crippen molar-refractivity contribution >= 4 is 11.8 Å². The second kappa shape index (κ2) is 6.34. The zero-order chi connectivity index (χ0) is 15.6. The molecule has 0 aromatic carbocycles. The molecule has 5 nitrogen and oxygen atoms in total. The smallest absolute Gasteiger partial charge is 0.249 e. The highest BCUT2D eigenvalue weighted by molar-refractivity contribution is 5.99. The van der Waals surface area contributed by atoms with Crippen LogP contribution in [0.2, 0.25) is 0 Å². The van der Waals surface area contributed by atoms with Crippen molar-refractivity contribution in [3.63, 3.8) is 0 Å². The first kappa shape index (κ1) is 16.3. The predicted octanol–water partition coefficient (Wildman–Crippen LogP) is 1.38. The van der Waals surface area contributed by atoms with Gasteiger partial charge < -0.3 is 15.1 Å². The van der Waals surface area contributed by atoms with Gasteiger partial charge in [0.25, 0.3) is 0 Å². The van der Waals surface area contributed by atoms with Crippen LogP contribution in [0.4, 0.5) is 0 Å². The number of nitrogens with one attached hydrogen (secondary N) is 1. The zero-order valence-electron chi connectivity index (χ0n) is 13.8. The molecule has 0 bridgehead atoms. The van der Waals surface area contributed by atoms with Crippen molar-refractivity contribution in [2.45, 2.75) is 71.0 Å². The van der Waals surface area contributed by atoms with Crippen LogP contribution >= 0.6 is 0 Å². The predicted molar refractivity (Wildman–Crippen MR) is 82.9 cm³/mol. The number of piperidine rings is 1. The molecule has 2 rings (SSSR count). The summed E-state index contributed by atoms with van der Waals surface area (Å²) >= 11 is 0. The maximum absolute atomic E-state index is 13.0. The molecule has 0 aliphatic carbocycles. The third kappa shape index (κ3) is 2.93. The van der Waals surface area contributed by atoms with Gasteiger partial charge in [-0.25, -0.2) is 0 Å². The summed E-state index contributed by atoms with van der Waals surface area (Å²) in [5, 5.41) is 2.94. The van der Waals surface area contributed by atoms with E-state index in [1.807, 2.05) is 25.7 Å². The van der Waals surface area contributed by atoms with E-state index < -0.39 is 5.54 Å². The Bertz CT molecular complexity index is 412. The molecule has 2 aliphatic rings. The van der Waals surface area contributed by atoms with Crippen molar-refractivity contribution in [1.82, 2.24) is 15.1 Å². The number of hydrogen-bond acceptors (Lipinski definition) is 3. The number of likely N-dealkylation sites (tertiary alicyclic amines) is 1. The molecule has 120 valence electrons. The lowest BCUT2D eigenvalue weighted by molar-refractivity contribution is -0.159. The van der Waals surface area contributed by atoms with Gasteiger partial charge in [-0.05, 0) is 45.7 Å². The summed E-state index contributed by atoms with van der Waals surface area (Å²) in [5.74, 6) is 0.106. The van der Waals surface area contributed by atoms with Crippen molar-refractivity contribution in [3.05, 3.63) is 0 Å². The molecule has 2 saturated heterocycles. The van der Waals surface area contributed by atoms with Gasteiger partial charge in [-0.15, -0.1) is 0 Å². The lowest BCUT2D eigenvalue weighted by Crippen LogP contribution is -2.72. The van der Waals surface area contributed by atoms with Gasteiger partial charge in [0.05, 0.1) is 0 Å². The van der Waals surface area contributed by atoms with Crippen molar-refractivity contribution in [2.24, 2.45) is 0 Å². The van der Waals surface area contributed by atoms with E-state index in [2.05, 4.69) is 17.1 Å². The van der Waals surface area contributed by atoms with Crippen LogP contribution < -0.4 is 5.32 Å². The standard InChI is InChI=1S/C16H29N3O2/c1-5-13-14(20)17-16(4,6-2)15(21)19(13)12-9-8-10-18(7-3)11-12/h12-13H,5-11H2,1-4H3,(H,17,20). The van der Waals surface area contributed by atoms with Crippen molar-refractivity contribution in [2.75, 3.05) is 19.6 Å². The SMILES string of the molecule is CCC1C(=O)NC(C)(CC)C(=O)N1C1CCCN(CC)C1. The van der Waals surface area contributed by atoms with Gasteiger partial charge in [0.2, 0.25) is 11.8 Å². The molecule has 3 atom stereocenters. The number of amides is 2. The summed E-state index contributed by atoms with van der Waals surface area (Å²) in [5.41, 5.74) is -0.739. The summed E-state index contributed by atoms with van der Waals surface area (Å²) in [7, 11) is 0. The van der Waals surface area contributed by atoms with Gasteiger partial charge in [0, 0.05) is 12.6 Å². The number of nitrogens with zero attached hydrogens (tertiary/aromatic N) is 2. The number of likely N-dealkylation sites (N-methyl/N-ethyl adjacent to an activating group) is 1. The molecule has 21 heavy (non-hydrogen) atoms. The number of rotatable bonds is 4. The van der Waals surface area contributed by atoms with Crippen LogP contribution in [0, 0.1) is 0 Å². The van der Waals surface area contributed by atoms with E-state index in [0.717, 1.165) is 32.5 Å². The average molecular weight is 295 g/mol. The van der Waals surface area contributed by atoms with Gasteiger partial charge in [-0.1, -0.05) is 20.8 Å². The van der Waals surface area contributed by atoms with Crippen molar-refractivity contribution < 1.29 is 9.59 Å². The second-order valence-corrected chi connectivity index (χ2v) is 6.50. The van der Waals surface area contributed by atoms with Crippen LogP contribution in [-0.4, -0.2) is 58.9 Å². The fourth-order valence-corrected chi connectivity index (χ4v) is 3.55. The Kier molecular flexibility index (Phi) is 4.91. The van der Waals surface area contributed by atoms with Gasteiger partial charge in [-0.2, -0.15) is 0 Å². The average Bonchev–Trinajstić information content (AvgIpc) is 2.50. The minimum atomic E-state index is -0.739. The minimum Gasteiger partial charge on any atom is -0.340 e. The zero-order valence-corrected chi connectivity index (χ0v) is 13.8. The van der Waals surface area contributed by atoms with Gasteiger partial charge in [0.15, 0.2) is 0 Å². The first-order valence-corrected chi connectivity index (χ1v) is 8.34. The molecule has 0 aromatic rings. The van der Waals surface area contributed by atoms with Crippen molar-refractivity contribution in [1.29, 1.82) is 0 Å². The highest BCUT2D eigenvalue weighted by atomic mass is 16.2. The Hall–Kier alpha value is -1.10. The molecule has 2 aliphatic heterocycles. The fraction of sp³-hybridized carbons (Fsp3) is 0.875. The Morgan fingerprint density at radius 2 is 2.00 bits per heavy atom. The van der Waals surface area contributed by atoms with E-state index in [1.165, 1.54) is 0 Å². The van der Waals surface area contributed by atoms with Crippen LogP contribution in [0.1, 0.15) is 53.4 Å². The third-order valence-electron chi connectivity index (χ3n) is 5.16. The number of carbonyl (C=O) groups is 2. The Morgan fingerprint density at radius 1 is 1.29 bits per heavy atom. The van der Waals surface area contributed by atoms with Crippen molar-refractivity contribution in [3.8, 4) is 0 Å². The largest absolute Gasteiger partial charge is 0.340 e. The maximum Gasteiger partial charge on any atom is 0.249 e. The van der Waals surface area contributed by atoms with E-state index in [0.29, 0.717) is 12.8 Å². The van der Waals surface area contributed by atoms with Gasteiger partial charge >= 0.3 is 0 Å². The maximum atomic E-state index is 13.0. The molecule has 5 heteroatoms. The highest BCUT2D eigenvalue weighted by Crippen LogP contribution is 2.28. The first-order chi connectivity index (χ1) is 9.96. The molecule has 2 heterocycles. The molecule has 0 saturated carbocycles. The fourth-order valence-electron chi connectivity index (χ4n) is 3.55. The Labute approximate surface area is 128 Å². The number of hydrogen-bond donors (Lipinski definition) is 1. The van der Waals surface area contributed by atoms with Crippen LogP contribution in [0.3, 0.4) is 0 Å². The molecule has 2 amide bonds. The van der Waals surface area contributed by atoms with E-state index in [-0.39, 0.29) is 23.9 Å². The van der Waals surface area contributed by atoms with Gasteiger partial charge in [-0.3, -0.25) is 9.59 Å². The highest BCUT2D eigenvalue weighted by Gasteiger charge is 2.49. The topological polar surface area (TPSA) is 52.7 Å². The molecule has 2 fully saturated rings. The van der Waals surface area contributed by atoms with Crippen LogP contribution in [0.5, 0.6) is 0 Å². The molecular formula is C16H29N3O2. The lowest BCUT2D eigenvalue weighted by atomic mass is 9.88. The molecule has 0 spiro atoms. The van der Waals surface area contributed by atoms with Crippen LogP contribution in [-0.2, 0) is 9.59 Å². The normalized spacial score (nSPS) is 35.0. The summed E-state index contributed by atoms with van der Waals surface area (Å²) < 4.78 is 0. The molecule has 0 aromatic heterocycles. The minimum absolute atomic E-state index is 0.00933. The molecule has 0 radical (unpaired) electrons. The quantitative estimate of drug-likeness (QED) is 0.852. The Balaban J connectivity index is 2.27. The third-order valence-corrected chi connectivity index (χ3v) is 5.16. The monoisotopic (exact) mass is 295 g/mol. The van der Waals surface area contributed by atoms with Crippen LogP contribution in [0.25, 0.3) is 0 Å². The summed E-state index contributed by atoms with van der Waals surface area (Å²) in [6.07, 6.45) is 3.42. The number of carbonyl (C=O) groups excluding carboxylic acids is 2. The van der Waals surface area contributed by atoms with E-state index >= 15 is 0 Å². The van der Waals surface area contributed by atoms with E-state index in [9.17, 15) is 9.59 Å². The van der Waals surface area contributed by atoms with E-state index in [4.69, 9.17) is 0 Å². The molecule has 1 N–H and O–H groups in total. The second-order valence-electron chi connectivity index (χ2n) is 6.50. The molecular weight excluding hydrogens is 266 g/mol. The number of piperazine rings is 1.